The molecule has 2 atom stereocenters. The summed E-state index contributed by atoms with van der Waals surface area (Å²) in [6.07, 6.45) is -1.12. The SMILES string of the molecule is COc1ccc([C@@H]2Sc3cc(C)c(C)cc3N(CCN(C)C)C(=O)[C@@H]2O)cc1. The molecule has 3 rings (SSSR count). The first-order valence-electron chi connectivity index (χ1n) is 9.38. The molecule has 0 radical (unpaired) electrons. The van der Waals surface area contributed by atoms with Gasteiger partial charge in [-0.15, -0.1) is 11.8 Å². The van der Waals surface area contributed by atoms with E-state index >= 15 is 0 Å². The van der Waals surface area contributed by atoms with E-state index in [-0.39, 0.29) is 11.2 Å². The number of rotatable bonds is 5. The van der Waals surface area contributed by atoms with E-state index in [2.05, 4.69) is 26.0 Å². The number of nitrogens with zero attached hydrogens (tertiary/aromatic N) is 2. The van der Waals surface area contributed by atoms with Gasteiger partial charge in [0.2, 0.25) is 0 Å². The fourth-order valence-electron chi connectivity index (χ4n) is 3.26. The molecule has 5 nitrogen and oxygen atoms in total. The molecule has 0 saturated heterocycles. The van der Waals surface area contributed by atoms with Gasteiger partial charge in [0, 0.05) is 18.0 Å². The standard InChI is InChI=1S/C22H28N2O3S/c1-14-12-18-19(13-15(14)2)28-21(16-6-8-17(27-5)9-7-16)20(25)22(26)24(18)11-10-23(3)4/h6-9,12-13,20-21,25H,10-11H2,1-5H3/t20-,21+/m1/s1. The first kappa shape index (κ1) is 20.7. The first-order valence-corrected chi connectivity index (χ1v) is 10.3. The summed E-state index contributed by atoms with van der Waals surface area (Å²) in [5.74, 6) is 0.500. The number of amides is 1. The molecule has 0 bridgehead atoms. The Morgan fingerprint density at radius 1 is 1.14 bits per heavy atom. The Bertz CT molecular complexity index is 852. The summed E-state index contributed by atoms with van der Waals surface area (Å²) >= 11 is 1.55. The van der Waals surface area contributed by atoms with Gasteiger partial charge in [0.05, 0.1) is 18.0 Å². The van der Waals surface area contributed by atoms with E-state index in [0.717, 1.165) is 34.0 Å². The molecule has 0 fully saturated rings. The summed E-state index contributed by atoms with van der Waals surface area (Å²) < 4.78 is 5.24. The maximum Gasteiger partial charge on any atom is 0.257 e. The van der Waals surface area contributed by atoms with Crippen LogP contribution in [0.15, 0.2) is 41.3 Å². The minimum atomic E-state index is -1.12. The summed E-state index contributed by atoms with van der Waals surface area (Å²) in [6.45, 7) is 5.39. The van der Waals surface area contributed by atoms with Crippen LogP contribution in [0.4, 0.5) is 5.69 Å². The highest BCUT2D eigenvalue weighted by Gasteiger charge is 2.37. The molecule has 6 heteroatoms. The van der Waals surface area contributed by atoms with Crippen LogP contribution in [0.3, 0.4) is 0 Å². The van der Waals surface area contributed by atoms with Gasteiger partial charge >= 0.3 is 0 Å². The Hall–Kier alpha value is -2.02. The topological polar surface area (TPSA) is 53.0 Å². The molecule has 1 aliphatic heterocycles. The van der Waals surface area contributed by atoms with Gasteiger partial charge in [0.15, 0.2) is 0 Å². The van der Waals surface area contributed by atoms with E-state index in [9.17, 15) is 9.90 Å². The molecule has 150 valence electrons. The predicted octanol–water partition coefficient (Wildman–Crippen LogP) is 3.41. The van der Waals surface area contributed by atoms with Crippen molar-refractivity contribution < 1.29 is 14.6 Å². The summed E-state index contributed by atoms with van der Waals surface area (Å²) in [6, 6.07) is 11.8. The van der Waals surface area contributed by atoms with E-state index in [4.69, 9.17) is 4.74 Å². The van der Waals surface area contributed by atoms with E-state index in [1.165, 1.54) is 5.56 Å². The van der Waals surface area contributed by atoms with E-state index in [0.29, 0.717) is 6.54 Å². The number of aliphatic hydroxyl groups excluding tert-OH is 1. The maximum absolute atomic E-state index is 13.2. The van der Waals surface area contributed by atoms with Crippen molar-refractivity contribution in [2.45, 2.75) is 30.1 Å². The molecule has 28 heavy (non-hydrogen) atoms. The van der Waals surface area contributed by atoms with Gasteiger partial charge in [0.25, 0.3) is 5.91 Å². The van der Waals surface area contributed by atoms with E-state index < -0.39 is 6.10 Å². The molecule has 2 aromatic carbocycles. The number of hydrogen-bond donors (Lipinski definition) is 1. The van der Waals surface area contributed by atoms with Crippen LogP contribution in [0.2, 0.25) is 0 Å². The van der Waals surface area contributed by atoms with Gasteiger partial charge < -0.3 is 19.6 Å². The van der Waals surface area contributed by atoms with E-state index in [1.807, 2.05) is 43.3 Å². The highest BCUT2D eigenvalue weighted by atomic mass is 32.2. The summed E-state index contributed by atoms with van der Waals surface area (Å²) in [5.41, 5.74) is 4.11. The number of methoxy groups -OCH3 is 1. The van der Waals surface area contributed by atoms with Crippen LogP contribution in [-0.2, 0) is 4.79 Å². The third kappa shape index (κ3) is 4.19. The zero-order valence-corrected chi connectivity index (χ0v) is 17.9. The number of hydrogen-bond acceptors (Lipinski definition) is 5. The second-order valence-electron chi connectivity index (χ2n) is 7.45. The fraction of sp³-hybridized carbons (Fsp3) is 0.409. The lowest BCUT2D eigenvalue weighted by atomic mass is 10.0. The number of likely N-dealkylation sites (N-methyl/N-ethyl adjacent to an activating group) is 1. The molecule has 1 amide bonds. The van der Waals surface area contributed by atoms with Gasteiger partial charge in [-0.3, -0.25) is 4.79 Å². The Kier molecular flexibility index (Phi) is 6.33. The van der Waals surface area contributed by atoms with Crippen molar-refractivity contribution in [3.05, 3.63) is 53.1 Å². The fourth-order valence-corrected chi connectivity index (χ4v) is 4.61. The Balaban J connectivity index is 2.05. The molecule has 1 N–H and O–H groups in total. The number of benzene rings is 2. The Morgan fingerprint density at radius 3 is 2.39 bits per heavy atom. The van der Waals surface area contributed by atoms with Crippen LogP contribution in [0, 0.1) is 13.8 Å². The molecule has 1 heterocycles. The minimum Gasteiger partial charge on any atom is -0.497 e. The number of ether oxygens (including phenoxy) is 1. The average Bonchev–Trinajstić information content (AvgIpc) is 2.77. The van der Waals surface area contributed by atoms with Gasteiger partial charge in [-0.2, -0.15) is 0 Å². The molecule has 0 aromatic heterocycles. The predicted molar refractivity (Wildman–Crippen MR) is 114 cm³/mol. The Labute approximate surface area is 171 Å². The highest BCUT2D eigenvalue weighted by Crippen LogP contribution is 2.46. The van der Waals surface area contributed by atoms with Gasteiger partial charge in [0.1, 0.15) is 11.9 Å². The number of aryl methyl sites for hydroxylation is 2. The van der Waals surface area contributed by atoms with Crippen molar-refractivity contribution in [2.24, 2.45) is 0 Å². The average molecular weight is 401 g/mol. The van der Waals surface area contributed by atoms with Crippen LogP contribution < -0.4 is 9.64 Å². The monoisotopic (exact) mass is 400 g/mol. The molecular weight excluding hydrogens is 372 g/mol. The molecule has 0 unspecified atom stereocenters. The largest absolute Gasteiger partial charge is 0.497 e. The van der Waals surface area contributed by atoms with Crippen molar-refractivity contribution in [1.82, 2.24) is 4.90 Å². The van der Waals surface area contributed by atoms with Crippen molar-refractivity contribution in [1.29, 1.82) is 0 Å². The van der Waals surface area contributed by atoms with Gasteiger partial charge in [-0.1, -0.05) is 12.1 Å². The number of fused-ring (bicyclic) bond motifs is 1. The van der Waals surface area contributed by atoms with Gasteiger partial charge in [-0.05, 0) is 68.9 Å². The normalized spacial score (nSPS) is 19.5. The first-order chi connectivity index (χ1) is 13.3. The molecule has 0 aliphatic carbocycles. The van der Waals surface area contributed by atoms with E-state index in [1.54, 1.807) is 23.8 Å². The second-order valence-corrected chi connectivity index (χ2v) is 8.64. The number of carbonyl (C=O) groups is 1. The minimum absolute atomic E-state index is 0.253. The smallest absolute Gasteiger partial charge is 0.257 e. The third-order valence-electron chi connectivity index (χ3n) is 5.14. The zero-order valence-electron chi connectivity index (χ0n) is 17.1. The van der Waals surface area contributed by atoms with Crippen molar-refractivity contribution in [3.63, 3.8) is 0 Å². The number of carbonyl (C=O) groups excluding carboxylic acids is 1. The lowest BCUT2D eigenvalue weighted by molar-refractivity contribution is -0.126. The lowest BCUT2D eigenvalue weighted by Crippen LogP contribution is -2.43. The summed E-state index contributed by atoms with van der Waals surface area (Å²) in [5, 5.41) is 10.6. The number of thioether (sulfide) groups is 1. The summed E-state index contributed by atoms with van der Waals surface area (Å²) in [4.78, 5) is 18.0. The van der Waals surface area contributed by atoms with Crippen molar-refractivity contribution in [3.8, 4) is 5.75 Å². The molecule has 0 spiro atoms. The molecule has 0 saturated carbocycles. The quantitative estimate of drug-likeness (QED) is 0.834. The summed E-state index contributed by atoms with van der Waals surface area (Å²) in [7, 11) is 5.58. The second kappa shape index (κ2) is 8.55. The van der Waals surface area contributed by atoms with Crippen LogP contribution >= 0.6 is 11.8 Å². The molecule has 2 aromatic rings. The van der Waals surface area contributed by atoms with Crippen LogP contribution in [0.5, 0.6) is 5.75 Å². The van der Waals surface area contributed by atoms with Crippen LogP contribution in [0.25, 0.3) is 0 Å². The Morgan fingerprint density at radius 2 is 1.79 bits per heavy atom. The molecule has 1 aliphatic rings. The highest BCUT2D eigenvalue weighted by molar-refractivity contribution is 7.99. The lowest BCUT2D eigenvalue weighted by Gasteiger charge is -2.26. The van der Waals surface area contributed by atoms with Crippen molar-refractivity contribution >= 4 is 23.4 Å². The zero-order chi connectivity index (χ0) is 20.4. The van der Waals surface area contributed by atoms with Crippen LogP contribution in [-0.4, -0.2) is 56.3 Å². The number of aliphatic hydroxyl groups is 1. The van der Waals surface area contributed by atoms with Crippen molar-refractivity contribution in [2.75, 3.05) is 39.2 Å². The maximum atomic E-state index is 13.2. The van der Waals surface area contributed by atoms with Crippen LogP contribution in [0.1, 0.15) is 21.9 Å². The number of anilines is 1. The third-order valence-corrected chi connectivity index (χ3v) is 6.51. The molecular formula is C22H28N2O3S. The van der Waals surface area contributed by atoms with Gasteiger partial charge in [-0.25, -0.2) is 0 Å².